The summed E-state index contributed by atoms with van der Waals surface area (Å²) in [6.45, 7) is 10.3. The van der Waals surface area contributed by atoms with Crippen molar-refractivity contribution in [3.63, 3.8) is 0 Å². The highest BCUT2D eigenvalue weighted by Crippen LogP contribution is 2.25. The molecule has 2 N–H and O–H groups in total. The molecule has 0 saturated carbocycles. The SMILES string of the molecule is COc1cc(NC(=O)OC(C)C)cnc1/C(=N/NC(=O)OCC1CCN(C(=O)OC(C)(C)C)CC1)SC. The highest BCUT2D eigenvalue weighted by molar-refractivity contribution is 8.13. The van der Waals surface area contributed by atoms with E-state index < -0.39 is 17.8 Å². The fraction of sp³-hybridized carbons (Fsp3) is 0.625. The summed E-state index contributed by atoms with van der Waals surface area (Å²) in [5, 5.41) is 7.08. The highest BCUT2D eigenvalue weighted by atomic mass is 32.2. The van der Waals surface area contributed by atoms with E-state index in [0.29, 0.717) is 48.1 Å². The molecule has 12 nitrogen and oxygen atoms in total. The molecule has 0 atom stereocenters. The lowest BCUT2D eigenvalue weighted by Gasteiger charge is -2.33. The smallest absolute Gasteiger partial charge is 0.427 e. The number of hydrazone groups is 1. The maximum Gasteiger partial charge on any atom is 0.427 e. The number of nitrogens with one attached hydrogen (secondary N) is 2. The number of carbonyl (C=O) groups excluding carboxylic acids is 3. The summed E-state index contributed by atoms with van der Waals surface area (Å²) < 4.78 is 21.2. The lowest BCUT2D eigenvalue weighted by Crippen LogP contribution is -2.42. The fourth-order valence-corrected chi connectivity index (χ4v) is 3.80. The number of carbonyl (C=O) groups is 3. The fourth-order valence-electron chi connectivity index (χ4n) is 3.32. The van der Waals surface area contributed by atoms with Crippen LogP contribution in [0.3, 0.4) is 0 Å². The zero-order valence-corrected chi connectivity index (χ0v) is 23.3. The molecular weight excluding hydrogens is 502 g/mol. The van der Waals surface area contributed by atoms with Crippen LogP contribution in [0.15, 0.2) is 17.4 Å². The van der Waals surface area contributed by atoms with E-state index >= 15 is 0 Å². The van der Waals surface area contributed by atoms with Gasteiger partial charge in [0.25, 0.3) is 0 Å². The van der Waals surface area contributed by atoms with Gasteiger partial charge in [0.2, 0.25) is 0 Å². The predicted molar refractivity (Wildman–Crippen MR) is 141 cm³/mol. The van der Waals surface area contributed by atoms with Crippen LogP contribution in [0, 0.1) is 5.92 Å². The first-order valence-corrected chi connectivity index (χ1v) is 13.2. The summed E-state index contributed by atoms with van der Waals surface area (Å²) in [4.78, 5) is 42.2. The van der Waals surface area contributed by atoms with E-state index in [4.69, 9.17) is 18.9 Å². The number of aromatic nitrogens is 1. The van der Waals surface area contributed by atoms with Gasteiger partial charge in [0.15, 0.2) is 0 Å². The van der Waals surface area contributed by atoms with Gasteiger partial charge >= 0.3 is 18.3 Å². The molecule has 0 aliphatic carbocycles. The topological polar surface area (TPSA) is 141 Å². The van der Waals surface area contributed by atoms with Crippen LogP contribution in [0.2, 0.25) is 0 Å². The van der Waals surface area contributed by atoms with Crippen LogP contribution in [-0.2, 0) is 14.2 Å². The van der Waals surface area contributed by atoms with Crippen molar-refractivity contribution in [1.29, 1.82) is 0 Å². The number of ether oxygens (including phenoxy) is 4. The molecule has 1 aromatic heterocycles. The van der Waals surface area contributed by atoms with Gasteiger partial charge in [-0.3, -0.25) is 5.32 Å². The molecule has 0 bridgehead atoms. The van der Waals surface area contributed by atoms with Crippen LogP contribution >= 0.6 is 11.8 Å². The summed E-state index contributed by atoms with van der Waals surface area (Å²) in [6, 6.07) is 1.58. The largest absolute Gasteiger partial charge is 0.494 e. The van der Waals surface area contributed by atoms with Crippen molar-refractivity contribution in [1.82, 2.24) is 15.3 Å². The number of nitrogens with zero attached hydrogens (tertiary/aromatic N) is 3. The molecule has 0 spiro atoms. The van der Waals surface area contributed by atoms with E-state index in [2.05, 4.69) is 20.8 Å². The van der Waals surface area contributed by atoms with Gasteiger partial charge in [0.05, 0.1) is 31.7 Å². The third kappa shape index (κ3) is 10.3. The van der Waals surface area contributed by atoms with Crippen molar-refractivity contribution in [3.8, 4) is 5.75 Å². The van der Waals surface area contributed by atoms with E-state index in [0.717, 1.165) is 0 Å². The lowest BCUT2D eigenvalue weighted by atomic mass is 9.98. The van der Waals surface area contributed by atoms with Crippen LogP contribution in [0.25, 0.3) is 0 Å². The third-order valence-corrected chi connectivity index (χ3v) is 5.69. The Hall–Kier alpha value is -3.22. The Morgan fingerprint density at radius 3 is 2.46 bits per heavy atom. The van der Waals surface area contributed by atoms with Gasteiger partial charge in [0, 0.05) is 19.2 Å². The Labute approximate surface area is 221 Å². The maximum absolute atomic E-state index is 12.2. The minimum Gasteiger partial charge on any atom is -0.494 e. The molecule has 1 aromatic rings. The number of anilines is 1. The van der Waals surface area contributed by atoms with E-state index in [1.165, 1.54) is 25.1 Å². The van der Waals surface area contributed by atoms with Crippen molar-refractivity contribution in [2.45, 2.75) is 59.2 Å². The average Bonchev–Trinajstić information content (AvgIpc) is 2.82. The van der Waals surface area contributed by atoms with E-state index in [1.807, 2.05) is 20.8 Å². The molecular formula is C24H37N5O7S. The van der Waals surface area contributed by atoms with Crippen LogP contribution in [0.4, 0.5) is 20.1 Å². The van der Waals surface area contributed by atoms with Crippen molar-refractivity contribution in [2.75, 3.05) is 38.4 Å². The Morgan fingerprint density at radius 1 is 1.22 bits per heavy atom. The van der Waals surface area contributed by atoms with Gasteiger partial charge in [-0.25, -0.2) is 24.8 Å². The van der Waals surface area contributed by atoms with Gasteiger partial charge in [-0.15, -0.1) is 11.8 Å². The Morgan fingerprint density at radius 2 is 1.89 bits per heavy atom. The maximum atomic E-state index is 12.2. The standard InChI is InChI=1S/C24H37N5O7S/c1-15(2)35-21(30)26-17-12-18(33-6)19(25-13-17)20(37-7)27-28-22(31)34-14-16-8-10-29(11-9-16)23(32)36-24(3,4)5/h12-13,15-16H,8-11,14H2,1-7H3,(H,26,30)(H,28,31)/b27-20-. The molecule has 206 valence electrons. The summed E-state index contributed by atoms with van der Waals surface area (Å²) in [6.07, 6.45) is 2.73. The number of thioether (sulfide) groups is 1. The molecule has 1 aliphatic rings. The van der Waals surface area contributed by atoms with Gasteiger partial charge in [-0.05, 0) is 59.6 Å². The van der Waals surface area contributed by atoms with Crippen molar-refractivity contribution in [2.24, 2.45) is 11.0 Å². The highest BCUT2D eigenvalue weighted by Gasteiger charge is 2.27. The molecule has 0 aromatic carbocycles. The first-order chi connectivity index (χ1) is 17.4. The minimum absolute atomic E-state index is 0.137. The number of piperidine rings is 1. The van der Waals surface area contributed by atoms with Crippen LogP contribution in [-0.4, -0.2) is 78.0 Å². The molecule has 3 amide bonds. The summed E-state index contributed by atoms with van der Waals surface area (Å²) in [5.41, 5.74) is 2.61. The normalized spacial score (nSPS) is 14.7. The van der Waals surface area contributed by atoms with E-state index in [-0.39, 0.29) is 24.7 Å². The minimum atomic E-state index is -0.699. The van der Waals surface area contributed by atoms with Gasteiger partial charge in [-0.2, -0.15) is 5.10 Å². The average molecular weight is 540 g/mol. The second-order valence-corrected chi connectivity index (χ2v) is 10.4. The second kappa shape index (κ2) is 13.9. The predicted octanol–water partition coefficient (Wildman–Crippen LogP) is 4.45. The summed E-state index contributed by atoms with van der Waals surface area (Å²) in [7, 11) is 1.46. The van der Waals surface area contributed by atoms with Crippen LogP contribution in [0.5, 0.6) is 5.75 Å². The van der Waals surface area contributed by atoms with Crippen LogP contribution in [0.1, 0.15) is 53.2 Å². The van der Waals surface area contributed by atoms with Gasteiger partial charge in [0.1, 0.15) is 22.1 Å². The number of methoxy groups -OCH3 is 1. The van der Waals surface area contributed by atoms with Crippen molar-refractivity contribution in [3.05, 3.63) is 18.0 Å². The zero-order valence-electron chi connectivity index (χ0n) is 22.5. The molecule has 37 heavy (non-hydrogen) atoms. The monoisotopic (exact) mass is 539 g/mol. The molecule has 1 aliphatic heterocycles. The lowest BCUT2D eigenvalue weighted by molar-refractivity contribution is 0.0149. The number of likely N-dealkylation sites (tertiary alicyclic amines) is 1. The number of hydrogen-bond acceptors (Lipinski definition) is 10. The van der Waals surface area contributed by atoms with Crippen molar-refractivity contribution >= 4 is 40.8 Å². The van der Waals surface area contributed by atoms with E-state index in [1.54, 1.807) is 31.1 Å². The number of hydrogen-bond donors (Lipinski definition) is 2. The summed E-state index contributed by atoms with van der Waals surface area (Å²) >= 11 is 1.25. The van der Waals surface area contributed by atoms with Crippen molar-refractivity contribution < 1.29 is 33.3 Å². The number of rotatable bonds is 7. The molecule has 2 rings (SSSR count). The molecule has 13 heteroatoms. The Bertz CT molecular complexity index is 973. The first-order valence-electron chi connectivity index (χ1n) is 12.0. The molecule has 1 fully saturated rings. The molecule has 0 unspecified atom stereocenters. The Kier molecular flexibility index (Phi) is 11.3. The zero-order chi connectivity index (χ0) is 27.6. The second-order valence-electron chi connectivity index (χ2n) is 9.60. The van der Waals surface area contributed by atoms with Gasteiger partial charge in [-0.1, -0.05) is 0 Å². The number of pyridine rings is 1. The molecule has 2 heterocycles. The Balaban J connectivity index is 1.88. The van der Waals surface area contributed by atoms with E-state index in [9.17, 15) is 14.4 Å². The number of amides is 3. The summed E-state index contributed by atoms with van der Waals surface area (Å²) in [5.74, 6) is 0.486. The van der Waals surface area contributed by atoms with Gasteiger partial charge < -0.3 is 23.8 Å². The quantitative estimate of drug-likeness (QED) is 0.223. The first kappa shape index (κ1) is 30.0. The van der Waals surface area contributed by atoms with Crippen LogP contribution < -0.4 is 15.5 Å². The third-order valence-electron chi connectivity index (χ3n) is 5.02. The molecule has 1 saturated heterocycles. The molecule has 0 radical (unpaired) electrons.